The molecule has 8 rings (SSSR count). The van der Waals surface area contributed by atoms with E-state index in [1.807, 2.05) is 79.7 Å². The van der Waals surface area contributed by atoms with Gasteiger partial charge in [-0.25, -0.2) is 9.78 Å². The lowest BCUT2D eigenvalue weighted by atomic mass is 9.91. The first-order valence-electron chi connectivity index (χ1n) is 18.9. The number of rotatable bonds is 11. The zero-order chi connectivity index (χ0) is 41.2. The third-order valence-electron chi connectivity index (χ3n) is 10.4. The zero-order valence-corrected chi connectivity index (χ0v) is 33.5. The lowest BCUT2D eigenvalue weighted by Gasteiger charge is -2.37. The van der Waals surface area contributed by atoms with Gasteiger partial charge in [-0.2, -0.15) is 0 Å². The van der Waals surface area contributed by atoms with E-state index < -0.39 is 36.0 Å². The molecule has 6 aromatic rings. The van der Waals surface area contributed by atoms with E-state index in [1.165, 1.54) is 11.2 Å². The van der Waals surface area contributed by atoms with Crippen molar-refractivity contribution in [2.45, 2.75) is 58.0 Å². The van der Waals surface area contributed by atoms with E-state index in [4.69, 9.17) is 41.8 Å². The highest BCUT2D eigenvalue weighted by Crippen LogP contribution is 2.41. The van der Waals surface area contributed by atoms with Crippen molar-refractivity contribution in [2.24, 2.45) is 0 Å². The van der Waals surface area contributed by atoms with Gasteiger partial charge in [0.15, 0.2) is 29.2 Å². The molecule has 0 bridgehead atoms. The van der Waals surface area contributed by atoms with E-state index in [9.17, 15) is 19.5 Å². The molecule has 0 fully saturated rings. The Morgan fingerprint density at radius 2 is 1.69 bits per heavy atom. The zero-order valence-electron chi connectivity index (χ0n) is 32.0. The molecular weight excluding hydrogens is 795 g/mol. The number of aliphatic carboxylic acids is 1. The number of hydrogen-bond acceptors (Lipinski definition) is 9. The monoisotopic (exact) mass is 832 g/mol. The first-order chi connectivity index (χ1) is 28.5. The molecule has 59 heavy (non-hydrogen) atoms. The van der Waals surface area contributed by atoms with Gasteiger partial charge in [0.1, 0.15) is 37.3 Å². The number of aryl methyl sites for hydroxylation is 2. The number of hydrogen-bond donors (Lipinski definition) is 2. The highest BCUT2D eigenvalue weighted by molar-refractivity contribution is 6.42. The average Bonchev–Trinajstić information content (AvgIpc) is 3.68. The summed E-state index contributed by atoms with van der Waals surface area (Å²) in [5.41, 5.74) is 7.02. The van der Waals surface area contributed by atoms with Gasteiger partial charge in [0.2, 0.25) is 5.91 Å². The van der Waals surface area contributed by atoms with Gasteiger partial charge in [-0.05, 0) is 93.9 Å². The molecule has 2 amide bonds. The predicted molar refractivity (Wildman–Crippen MR) is 219 cm³/mol. The summed E-state index contributed by atoms with van der Waals surface area (Å²) in [6.45, 7) is 4.17. The molecule has 2 aromatic heterocycles. The number of ether oxygens (including phenoxy) is 3. The Labute approximate surface area is 349 Å². The number of oxazole rings is 1. The van der Waals surface area contributed by atoms with Crippen molar-refractivity contribution in [1.82, 2.24) is 20.2 Å². The van der Waals surface area contributed by atoms with Gasteiger partial charge in [-0.3, -0.25) is 14.6 Å². The molecule has 4 heterocycles. The van der Waals surface area contributed by atoms with Crippen molar-refractivity contribution >= 4 is 41.0 Å². The maximum Gasteiger partial charge on any atom is 0.326 e. The number of carbonyl (C=O) groups is 3. The Hall–Kier alpha value is -6.37. The molecule has 300 valence electrons. The molecule has 0 saturated carbocycles. The number of pyridine rings is 1. The van der Waals surface area contributed by atoms with E-state index >= 15 is 0 Å². The molecule has 0 spiro atoms. The molecule has 4 aromatic carbocycles. The van der Waals surface area contributed by atoms with Gasteiger partial charge in [-0.15, -0.1) is 0 Å². The van der Waals surface area contributed by atoms with E-state index in [-0.39, 0.29) is 31.7 Å². The molecule has 12 nitrogen and oxygen atoms in total. The summed E-state index contributed by atoms with van der Waals surface area (Å²) in [4.78, 5) is 50.3. The minimum Gasteiger partial charge on any atom is -0.489 e. The molecule has 0 aliphatic carbocycles. The van der Waals surface area contributed by atoms with Crippen LogP contribution in [0.2, 0.25) is 10.0 Å². The highest BCUT2D eigenvalue weighted by Gasteiger charge is 2.39. The van der Waals surface area contributed by atoms with E-state index in [2.05, 4.69) is 15.3 Å². The van der Waals surface area contributed by atoms with Gasteiger partial charge >= 0.3 is 5.97 Å². The Morgan fingerprint density at radius 1 is 0.932 bits per heavy atom. The number of fused-ring (bicyclic) bond motifs is 2. The largest absolute Gasteiger partial charge is 0.489 e. The molecule has 2 aliphatic heterocycles. The summed E-state index contributed by atoms with van der Waals surface area (Å²) < 4.78 is 23.9. The first kappa shape index (κ1) is 39.5. The number of carbonyl (C=O) groups excluding carboxylic acids is 2. The van der Waals surface area contributed by atoms with Gasteiger partial charge < -0.3 is 34.0 Å². The van der Waals surface area contributed by atoms with Crippen LogP contribution in [-0.4, -0.2) is 56.4 Å². The lowest BCUT2D eigenvalue weighted by molar-refractivity contribution is -0.142. The van der Waals surface area contributed by atoms with Crippen molar-refractivity contribution in [3.05, 3.63) is 159 Å². The van der Waals surface area contributed by atoms with Gasteiger partial charge in [-0.1, -0.05) is 65.7 Å². The third kappa shape index (κ3) is 8.74. The van der Waals surface area contributed by atoms with Gasteiger partial charge in [0.25, 0.3) is 5.91 Å². The maximum atomic E-state index is 14.1. The van der Waals surface area contributed by atoms with E-state index in [1.54, 1.807) is 31.5 Å². The second-order valence-corrected chi connectivity index (χ2v) is 15.3. The summed E-state index contributed by atoms with van der Waals surface area (Å²) in [7, 11) is 0. The van der Waals surface area contributed by atoms with Crippen LogP contribution in [0.25, 0.3) is 11.1 Å². The second-order valence-electron chi connectivity index (χ2n) is 14.5. The molecule has 0 radical (unpaired) electrons. The topological polar surface area (TPSA) is 153 Å². The molecule has 14 heteroatoms. The van der Waals surface area contributed by atoms with Crippen molar-refractivity contribution in [1.29, 1.82) is 0 Å². The number of carboxylic acid groups (broad SMARTS) is 1. The predicted octanol–water partition coefficient (Wildman–Crippen LogP) is 8.13. The number of aromatic nitrogens is 2. The summed E-state index contributed by atoms with van der Waals surface area (Å²) in [5.74, 6) is -0.398. The number of nitrogens with one attached hydrogen (secondary N) is 1. The Balaban J connectivity index is 0.980. The minimum absolute atomic E-state index is 0.0258. The smallest absolute Gasteiger partial charge is 0.326 e. The fourth-order valence-corrected chi connectivity index (χ4v) is 7.59. The van der Waals surface area contributed by atoms with Crippen molar-refractivity contribution in [3.8, 4) is 28.4 Å². The molecule has 3 atom stereocenters. The van der Waals surface area contributed by atoms with Crippen LogP contribution in [0.4, 0.5) is 0 Å². The molecule has 3 unspecified atom stereocenters. The normalized spacial score (nSPS) is 16.2. The summed E-state index contributed by atoms with van der Waals surface area (Å²) in [5, 5.41) is 13.9. The number of carboxylic acids is 1. The number of amides is 2. The number of halogens is 2. The van der Waals surface area contributed by atoms with Crippen LogP contribution < -0.4 is 19.5 Å². The quantitative estimate of drug-likeness (QED) is 0.131. The highest BCUT2D eigenvalue weighted by atomic mass is 35.5. The standard InChI is InChI=1S/C45H38Cl2N4O8/c1-25-20-48-14-13-34(25)29-6-3-27(4-7-29)16-37(45(54)55)50-43(52)39-17-31-18-40-41(19-32(31)21-51(39)44(53)38-23-56-26(2)49-38)59-42(24-58-40)30-8-10-33(11-9-30)57-22-28-5-12-35(46)36(47)15-28/h3-15,18-20,23,37,39,42H,16-17,21-22,24H2,1-2H3,(H,50,52)(H,54,55). The van der Waals surface area contributed by atoms with Gasteiger partial charge in [0.05, 0.1) is 10.0 Å². The maximum absolute atomic E-state index is 14.1. The SMILES string of the molecule is Cc1nc(C(=O)N2Cc3cc4c(cc3CC2C(=O)NC(Cc2ccc(-c3ccncc3C)cc2)C(=O)O)OCC(c2ccc(OCc3ccc(Cl)c(Cl)c3)cc2)O4)co1. The van der Waals surface area contributed by atoms with Crippen LogP contribution in [0, 0.1) is 13.8 Å². The van der Waals surface area contributed by atoms with Crippen molar-refractivity contribution in [2.75, 3.05) is 6.61 Å². The van der Waals surface area contributed by atoms with Crippen molar-refractivity contribution in [3.63, 3.8) is 0 Å². The van der Waals surface area contributed by atoms with E-state index in [0.717, 1.165) is 44.5 Å². The fourth-order valence-electron chi connectivity index (χ4n) is 7.27. The first-order valence-corrected chi connectivity index (χ1v) is 19.6. The summed E-state index contributed by atoms with van der Waals surface area (Å²) in [6.07, 6.45) is 4.46. The molecule has 2 aliphatic rings. The second kappa shape index (κ2) is 16.8. The molecular formula is C45H38Cl2N4O8. The van der Waals surface area contributed by atoms with Crippen LogP contribution in [0.5, 0.6) is 17.2 Å². The Bertz CT molecular complexity index is 2540. The van der Waals surface area contributed by atoms with Crippen LogP contribution in [0.1, 0.15) is 55.9 Å². The minimum atomic E-state index is -1.26. The van der Waals surface area contributed by atoms with Crippen molar-refractivity contribution < 1.29 is 38.1 Å². The molecule has 0 saturated heterocycles. The fraction of sp³-hybridized carbons (Fsp3) is 0.222. The average molecular weight is 834 g/mol. The molecule has 2 N–H and O–H groups in total. The summed E-state index contributed by atoms with van der Waals surface area (Å²) >= 11 is 12.2. The lowest BCUT2D eigenvalue weighted by Crippen LogP contribution is -2.56. The van der Waals surface area contributed by atoms with Crippen LogP contribution in [-0.2, 0) is 35.6 Å². The number of benzene rings is 4. The van der Waals surface area contributed by atoms with E-state index in [0.29, 0.717) is 39.8 Å². The Morgan fingerprint density at radius 3 is 2.41 bits per heavy atom. The van der Waals surface area contributed by atoms with Crippen LogP contribution >= 0.6 is 23.2 Å². The Kier molecular flexibility index (Phi) is 11.3. The number of nitrogens with zero attached hydrogens (tertiary/aromatic N) is 3. The van der Waals surface area contributed by atoms with Crippen LogP contribution in [0.3, 0.4) is 0 Å². The van der Waals surface area contributed by atoms with Gasteiger partial charge in [0, 0.05) is 38.7 Å². The third-order valence-corrected chi connectivity index (χ3v) is 11.2. The van der Waals surface area contributed by atoms with Crippen LogP contribution in [0.15, 0.2) is 108 Å². The summed E-state index contributed by atoms with van der Waals surface area (Å²) in [6, 6.07) is 23.7.